The number of amides is 1. The fourth-order valence-corrected chi connectivity index (χ4v) is 4.86. The van der Waals surface area contributed by atoms with Crippen molar-refractivity contribution in [2.45, 2.75) is 44.1 Å². The zero-order chi connectivity index (χ0) is 16.2. The molecule has 1 aromatic rings. The summed E-state index contributed by atoms with van der Waals surface area (Å²) in [6, 6.07) is 5.85. The molecule has 3 fully saturated rings. The fraction of sp³-hybridized carbons (Fsp3) is 0.632. The second kappa shape index (κ2) is 5.12. The van der Waals surface area contributed by atoms with E-state index >= 15 is 0 Å². The summed E-state index contributed by atoms with van der Waals surface area (Å²) in [6.45, 7) is 1.94. The van der Waals surface area contributed by atoms with E-state index in [2.05, 4.69) is 5.32 Å². The Hall–Kier alpha value is -1.75. The van der Waals surface area contributed by atoms with Crippen LogP contribution in [0.2, 0.25) is 0 Å². The van der Waals surface area contributed by atoms with Crippen LogP contribution in [0.4, 0.5) is 0 Å². The summed E-state index contributed by atoms with van der Waals surface area (Å²) in [6.07, 6.45) is 6.00. The van der Waals surface area contributed by atoms with Crippen LogP contribution in [0, 0.1) is 11.3 Å². The molecule has 1 saturated heterocycles. The van der Waals surface area contributed by atoms with E-state index in [-0.39, 0.29) is 23.7 Å². The lowest BCUT2D eigenvalue weighted by molar-refractivity contribution is -0.125. The van der Waals surface area contributed by atoms with Gasteiger partial charge in [-0.1, -0.05) is 12.1 Å². The van der Waals surface area contributed by atoms with E-state index in [1.807, 2.05) is 18.2 Å². The molecule has 2 aliphatic carbocycles. The lowest BCUT2D eigenvalue weighted by Crippen LogP contribution is -2.50. The van der Waals surface area contributed by atoms with Gasteiger partial charge in [0.1, 0.15) is 0 Å². The summed E-state index contributed by atoms with van der Waals surface area (Å²) in [5.41, 5.74) is 1.38. The van der Waals surface area contributed by atoms with Crippen molar-refractivity contribution in [1.82, 2.24) is 5.32 Å². The van der Waals surface area contributed by atoms with E-state index in [1.54, 1.807) is 0 Å². The maximum atomic E-state index is 12.3. The molecule has 2 heterocycles. The Labute approximate surface area is 141 Å². The van der Waals surface area contributed by atoms with Gasteiger partial charge in [-0.05, 0) is 49.7 Å². The van der Waals surface area contributed by atoms with Gasteiger partial charge in [0.25, 0.3) is 0 Å². The van der Waals surface area contributed by atoms with E-state index in [4.69, 9.17) is 14.2 Å². The largest absolute Gasteiger partial charge is 0.454 e. The molecule has 5 heteroatoms. The predicted molar refractivity (Wildman–Crippen MR) is 87.0 cm³/mol. The molecule has 1 amide bonds. The minimum atomic E-state index is 0.0936. The monoisotopic (exact) mass is 329 g/mol. The second-order valence-electron chi connectivity index (χ2n) is 7.64. The van der Waals surface area contributed by atoms with Gasteiger partial charge >= 0.3 is 0 Å². The van der Waals surface area contributed by atoms with Crippen LogP contribution in [0.3, 0.4) is 0 Å². The van der Waals surface area contributed by atoms with Crippen LogP contribution in [0.25, 0.3) is 0 Å². The van der Waals surface area contributed by atoms with Crippen molar-refractivity contribution < 1.29 is 19.0 Å². The molecule has 4 aliphatic rings. The van der Waals surface area contributed by atoms with Crippen LogP contribution >= 0.6 is 0 Å². The van der Waals surface area contributed by atoms with Crippen molar-refractivity contribution in [1.29, 1.82) is 0 Å². The Bertz CT molecular complexity index is 684. The third-order valence-electron chi connectivity index (χ3n) is 6.56. The number of para-hydroxylation sites is 1. The highest BCUT2D eigenvalue weighted by molar-refractivity contribution is 5.76. The number of rotatable bonds is 5. The van der Waals surface area contributed by atoms with Gasteiger partial charge in [0.05, 0.1) is 12.2 Å². The van der Waals surface area contributed by atoms with E-state index < -0.39 is 0 Å². The van der Waals surface area contributed by atoms with Crippen molar-refractivity contribution >= 4 is 5.91 Å². The maximum absolute atomic E-state index is 12.3. The van der Waals surface area contributed by atoms with Crippen LogP contribution in [0.5, 0.6) is 11.5 Å². The number of benzene rings is 1. The predicted octanol–water partition coefficient (Wildman–Crippen LogP) is 2.42. The summed E-state index contributed by atoms with van der Waals surface area (Å²) in [5.74, 6) is 2.36. The SMILES string of the molecule is O=C(CCc1cccc2c1OCO2)NC[C@]12C[C@H]1COC21CCC1. The van der Waals surface area contributed by atoms with Gasteiger partial charge in [-0.2, -0.15) is 0 Å². The van der Waals surface area contributed by atoms with E-state index in [1.165, 1.54) is 25.7 Å². The number of hydrogen-bond acceptors (Lipinski definition) is 4. The highest BCUT2D eigenvalue weighted by Crippen LogP contribution is 2.70. The smallest absolute Gasteiger partial charge is 0.231 e. The van der Waals surface area contributed by atoms with Gasteiger partial charge in [0.2, 0.25) is 12.7 Å². The lowest BCUT2D eigenvalue weighted by Gasteiger charge is -2.45. The molecule has 2 aliphatic heterocycles. The average Bonchev–Trinajstić information content (AvgIpc) is 2.94. The van der Waals surface area contributed by atoms with Crippen molar-refractivity contribution in [3.05, 3.63) is 23.8 Å². The lowest BCUT2D eigenvalue weighted by atomic mass is 9.68. The summed E-state index contributed by atoms with van der Waals surface area (Å²) in [4.78, 5) is 12.3. The summed E-state index contributed by atoms with van der Waals surface area (Å²) in [5, 5.41) is 3.18. The Kier molecular flexibility index (Phi) is 3.11. The maximum Gasteiger partial charge on any atom is 0.231 e. The molecule has 0 aromatic heterocycles. The molecule has 0 radical (unpaired) electrons. The molecule has 2 saturated carbocycles. The normalized spacial score (nSPS) is 30.8. The van der Waals surface area contributed by atoms with Gasteiger partial charge in [-0.25, -0.2) is 0 Å². The Balaban J connectivity index is 1.17. The first kappa shape index (κ1) is 14.6. The molecular formula is C19H23NO4. The summed E-state index contributed by atoms with van der Waals surface area (Å²) in [7, 11) is 0. The molecule has 2 atom stereocenters. The molecule has 0 bridgehead atoms. The van der Waals surface area contributed by atoms with Gasteiger partial charge in [-0.15, -0.1) is 0 Å². The quantitative estimate of drug-likeness (QED) is 0.901. The summed E-state index contributed by atoms with van der Waals surface area (Å²) >= 11 is 0. The third kappa shape index (κ3) is 2.00. The van der Waals surface area contributed by atoms with Crippen LogP contribution in [0.1, 0.15) is 37.7 Å². The fourth-order valence-electron chi connectivity index (χ4n) is 4.86. The van der Waals surface area contributed by atoms with Gasteiger partial charge in [-0.3, -0.25) is 4.79 Å². The van der Waals surface area contributed by atoms with Crippen molar-refractivity contribution in [2.24, 2.45) is 11.3 Å². The highest BCUT2D eigenvalue weighted by Gasteiger charge is 2.73. The van der Waals surface area contributed by atoms with Crippen LogP contribution in [-0.2, 0) is 16.0 Å². The third-order valence-corrected chi connectivity index (χ3v) is 6.56. The molecule has 128 valence electrons. The van der Waals surface area contributed by atoms with Gasteiger partial charge < -0.3 is 19.5 Å². The number of hydrogen-bond donors (Lipinski definition) is 1. The minimum absolute atomic E-state index is 0.0936. The number of aryl methyl sites for hydroxylation is 1. The van der Waals surface area contributed by atoms with Crippen molar-refractivity contribution in [3.63, 3.8) is 0 Å². The Morgan fingerprint density at radius 1 is 1.29 bits per heavy atom. The molecule has 5 rings (SSSR count). The van der Waals surface area contributed by atoms with Crippen LogP contribution in [-0.4, -0.2) is 31.5 Å². The molecule has 0 unspecified atom stereocenters. The zero-order valence-electron chi connectivity index (χ0n) is 13.8. The summed E-state index contributed by atoms with van der Waals surface area (Å²) < 4.78 is 17.0. The topological polar surface area (TPSA) is 56.8 Å². The molecule has 1 aromatic carbocycles. The Morgan fingerprint density at radius 3 is 3.00 bits per heavy atom. The van der Waals surface area contributed by atoms with Crippen molar-refractivity contribution in [2.75, 3.05) is 19.9 Å². The number of ether oxygens (including phenoxy) is 3. The van der Waals surface area contributed by atoms with Crippen LogP contribution < -0.4 is 14.8 Å². The number of carbonyl (C=O) groups excluding carboxylic acids is 1. The molecule has 24 heavy (non-hydrogen) atoms. The van der Waals surface area contributed by atoms with E-state index in [0.717, 1.165) is 30.2 Å². The van der Waals surface area contributed by atoms with Gasteiger partial charge in [0, 0.05) is 18.4 Å². The first-order valence-electron chi connectivity index (χ1n) is 9.01. The number of nitrogens with one attached hydrogen (secondary N) is 1. The standard InChI is InChI=1S/C19H23NO4/c21-16(6-5-13-3-1-4-15-17(13)23-12-22-15)20-11-18-9-14(18)10-24-19(18)7-2-8-19/h1,3-4,14H,2,5-12H2,(H,20,21)/t14-,18+/m0/s1. The van der Waals surface area contributed by atoms with Crippen molar-refractivity contribution in [3.8, 4) is 11.5 Å². The minimum Gasteiger partial charge on any atom is -0.454 e. The molecule has 5 nitrogen and oxygen atoms in total. The van der Waals surface area contributed by atoms with Gasteiger partial charge in [0.15, 0.2) is 11.5 Å². The first-order valence-corrected chi connectivity index (χ1v) is 9.01. The average molecular weight is 329 g/mol. The number of carbonyl (C=O) groups is 1. The first-order chi connectivity index (χ1) is 11.7. The van der Waals surface area contributed by atoms with E-state index in [0.29, 0.717) is 18.8 Å². The Morgan fingerprint density at radius 2 is 2.21 bits per heavy atom. The second-order valence-corrected chi connectivity index (χ2v) is 7.64. The highest BCUT2D eigenvalue weighted by atomic mass is 16.7. The molecular weight excluding hydrogens is 306 g/mol. The van der Waals surface area contributed by atoms with E-state index in [9.17, 15) is 4.79 Å². The number of fused-ring (bicyclic) bond motifs is 3. The zero-order valence-corrected chi connectivity index (χ0v) is 13.8. The molecule has 1 N–H and O–H groups in total. The molecule has 1 spiro atoms. The van der Waals surface area contributed by atoms with Crippen LogP contribution in [0.15, 0.2) is 18.2 Å².